The number of fused-ring (bicyclic) bond motifs is 1. The quantitative estimate of drug-likeness (QED) is 0.786. The monoisotopic (exact) mass is 400 g/mol. The van der Waals surface area contributed by atoms with Crippen LogP contribution in [0.5, 0.6) is 0 Å². The summed E-state index contributed by atoms with van der Waals surface area (Å²) >= 11 is 6.83. The van der Waals surface area contributed by atoms with Gasteiger partial charge in [-0.3, -0.25) is 9.59 Å². The highest BCUT2D eigenvalue weighted by molar-refractivity contribution is 9.11. The highest BCUT2D eigenvalue weighted by atomic mass is 79.9. The summed E-state index contributed by atoms with van der Waals surface area (Å²) in [6.45, 7) is 1.29. The van der Waals surface area contributed by atoms with Gasteiger partial charge in [0.15, 0.2) is 0 Å². The predicted octanol–water partition coefficient (Wildman–Crippen LogP) is 2.56. The van der Waals surface area contributed by atoms with E-state index in [2.05, 4.69) is 37.2 Å². The molecule has 6 heteroatoms. The van der Waals surface area contributed by atoms with Crippen molar-refractivity contribution in [2.45, 2.75) is 18.9 Å². The van der Waals surface area contributed by atoms with Gasteiger partial charge in [0, 0.05) is 22.0 Å². The first kappa shape index (κ1) is 14.1. The lowest BCUT2D eigenvalue weighted by Crippen LogP contribution is -2.48. The maximum atomic E-state index is 12.8. The number of carbonyl (C=O) groups is 2. The molecule has 0 radical (unpaired) electrons. The van der Waals surface area contributed by atoms with Crippen molar-refractivity contribution in [3.63, 3.8) is 0 Å². The summed E-state index contributed by atoms with van der Waals surface area (Å²) in [6.07, 6.45) is 1.76. The van der Waals surface area contributed by atoms with E-state index in [1.54, 1.807) is 0 Å². The van der Waals surface area contributed by atoms with Crippen molar-refractivity contribution < 1.29 is 9.59 Å². The summed E-state index contributed by atoms with van der Waals surface area (Å²) in [6, 6.07) is 5.56. The maximum Gasteiger partial charge on any atom is 0.255 e. The second kappa shape index (κ2) is 5.48. The Hall–Kier alpha value is -0.880. The van der Waals surface area contributed by atoms with Crippen molar-refractivity contribution in [1.82, 2.24) is 10.2 Å². The Morgan fingerprint density at radius 3 is 2.95 bits per heavy atom. The molecule has 2 aliphatic heterocycles. The van der Waals surface area contributed by atoms with E-state index in [0.29, 0.717) is 18.7 Å². The molecule has 0 spiro atoms. The minimum absolute atomic E-state index is 0.00497. The zero-order valence-electron chi connectivity index (χ0n) is 10.7. The van der Waals surface area contributed by atoms with Crippen LogP contribution in [0.15, 0.2) is 27.1 Å². The first-order valence-corrected chi connectivity index (χ1v) is 8.20. The van der Waals surface area contributed by atoms with Crippen LogP contribution in [0.2, 0.25) is 0 Å². The van der Waals surface area contributed by atoms with Crippen molar-refractivity contribution in [3.8, 4) is 0 Å². The number of amides is 2. The third kappa shape index (κ3) is 2.39. The van der Waals surface area contributed by atoms with Gasteiger partial charge in [-0.05, 0) is 47.0 Å². The molecule has 1 aromatic rings. The molecular formula is C14H14Br2N2O2. The van der Waals surface area contributed by atoms with Crippen molar-refractivity contribution >= 4 is 43.7 Å². The molecular weight excluding hydrogens is 388 g/mol. The van der Waals surface area contributed by atoms with Crippen molar-refractivity contribution in [3.05, 3.63) is 32.7 Å². The van der Waals surface area contributed by atoms with Gasteiger partial charge in [-0.25, -0.2) is 0 Å². The summed E-state index contributed by atoms with van der Waals surface area (Å²) in [4.78, 5) is 26.4. The molecule has 2 unspecified atom stereocenters. The maximum absolute atomic E-state index is 12.8. The minimum Gasteiger partial charge on any atom is -0.354 e. The van der Waals surface area contributed by atoms with Crippen LogP contribution < -0.4 is 5.32 Å². The lowest BCUT2D eigenvalue weighted by atomic mass is 9.91. The largest absolute Gasteiger partial charge is 0.354 e. The molecule has 20 heavy (non-hydrogen) atoms. The Labute approximate surface area is 134 Å². The SMILES string of the molecule is O=C1NCC2C1CCCN2C(=O)c1cc(Br)ccc1Br. The van der Waals surface area contributed by atoms with Crippen LogP contribution in [0, 0.1) is 5.92 Å². The summed E-state index contributed by atoms with van der Waals surface area (Å²) in [5, 5.41) is 2.87. The molecule has 2 aliphatic rings. The lowest BCUT2D eigenvalue weighted by molar-refractivity contribution is -0.123. The standard InChI is InChI=1S/C14H14Br2N2O2/c15-8-3-4-11(16)10(6-8)14(20)18-5-1-2-9-12(18)7-17-13(9)19/h3-4,6,9,12H,1-2,5,7H2,(H,17,19). The van der Waals surface area contributed by atoms with Crippen LogP contribution in [0.3, 0.4) is 0 Å². The number of likely N-dealkylation sites (tertiary alicyclic amines) is 1. The van der Waals surface area contributed by atoms with E-state index in [0.717, 1.165) is 21.8 Å². The molecule has 1 N–H and O–H groups in total. The van der Waals surface area contributed by atoms with E-state index in [4.69, 9.17) is 0 Å². The number of piperidine rings is 1. The highest BCUT2D eigenvalue weighted by Gasteiger charge is 2.42. The van der Waals surface area contributed by atoms with E-state index in [1.165, 1.54) is 0 Å². The Balaban J connectivity index is 1.90. The van der Waals surface area contributed by atoms with Crippen molar-refractivity contribution in [2.24, 2.45) is 5.92 Å². The van der Waals surface area contributed by atoms with Gasteiger partial charge in [0.05, 0.1) is 17.5 Å². The number of hydrogen-bond acceptors (Lipinski definition) is 2. The van der Waals surface area contributed by atoms with Gasteiger partial charge in [0.1, 0.15) is 0 Å². The lowest BCUT2D eigenvalue weighted by Gasteiger charge is -2.36. The Kier molecular flexibility index (Phi) is 3.86. The summed E-state index contributed by atoms with van der Waals surface area (Å²) in [5.74, 6) is 0.0313. The number of rotatable bonds is 1. The van der Waals surface area contributed by atoms with Crippen LogP contribution in [0.25, 0.3) is 0 Å². The van der Waals surface area contributed by atoms with Crippen LogP contribution in [0.1, 0.15) is 23.2 Å². The second-order valence-electron chi connectivity index (χ2n) is 5.18. The second-order valence-corrected chi connectivity index (χ2v) is 6.95. The highest BCUT2D eigenvalue weighted by Crippen LogP contribution is 2.30. The molecule has 2 saturated heterocycles. The first-order chi connectivity index (χ1) is 9.58. The molecule has 2 fully saturated rings. The number of nitrogens with one attached hydrogen (secondary N) is 1. The molecule has 0 saturated carbocycles. The molecule has 0 aliphatic carbocycles. The number of benzene rings is 1. The normalized spacial score (nSPS) is 25.3. The van der Waals surface area contributed by atoms with Crippen LogP contribution >= 0.6 is 31.9 Å². The fourth-order valence-corrected chi connectivity index (χ4v) is 3.80. The van der Waals surface area contributed by atoms with Gasteiger partial charge in [-0.1, -0.05) is 15.9 Å². The zero-order valence-corrected chi connectivity index (χ0v) is 13.9. The van der Waals surface area contributed by atoms with E-state index >= 15 is 0 Å². The number of carbonyl (C=O) groups excluding carboxylic acids is 2. The van der Waals surface area contributed by atoms with Gasteiger partial charge in [-0.15, -0.1) is 0 Å². The number of halogens is 2. The van der Waals surface area contributed by atoms with E-state index in [-0.39, 0.29) is 23.8 Å². The van der Waals surface area contributed by atoms with Gasteiger partial charge in [0.25, 0.3) is 5.91 Å². The number of nitrogens with zero attached hydrogens (tertiary/aromatic N) is 1. The molecule has 0 aromatic heterocycles. The molecule has 2 amide bonds. The van der Waals surface area contributed by atoms with Crippen LogP contribution in [-0.4, -0.2) is 35.8 Å². The Morgan fingerprint density at radius 1 is 1.35 bits per heavy atom. The van der Waals surface area contributed by atoms with E-state index in [9.17, 15) is 9.59 Å². The van der Waals surface area contributed by atoms with Gasteiger partial charge >= 0.3 is 0 Å². The third-order valence-corrected chi connectivity index (χ3v) is 5.21. The predicted molar refractivity (Wildman–Crippen MR) is 82.4 cm³/mol. The van der Waals surface area contributed by atoms with Crippen LogP contribution in [0.4, 0.5) is 0 Å². The van der Waals surface area contributed by atoms with Gasteiger partial charge in [-0.2, -0.15) is 0 Å². The van der Waals surface area contributed by atoms with Gasteiger partial charge < -0.3 is 10.2 Å². The van der Waals surface area contributed by atoms with Gasteiger partial charge in [0.2, 0.25) is 5.91 Å². The molecule has 106 valence electrons. The third-order valence-electron chi connectivity index (χ3n) is 4.02. The summed E-state index contributed by atoms with van der Waals surface area (Å²) < 4.78 is 1.66. The molecule has 1 aromatic carbocycles. The minimum atomic E-state index is -0.0429. The Morgan fingerprint density at radius 2 is 2.15 bits per heavy atom. The van der Waals surface area contributed by atoms with Crippen LogP contribution in [-0.2, 0) is 4.79 Å². The molecule has 2 heterocycles. The summed E-state index contributed by atoms with van der Waals surface area (Å²) in [5.41, 5.74) is 0.638. The summed E-state index contributed by atoms with van der Waals surface area (Å²) in [7, 11) is 0. The molecule has 2 atom stereocenters. The fourth-order valence-electron chi connectivity index (χ4n) is 3.02. The fraction of sp³-hybridized carbons (Fsp3) is 0.429. The first-order valence-electron chi connectivity index (χ1n) is 6.61. The van der Waals surface area contributed by atoms with E-state index in [1.807, 2.05) is 23.1 Å². The Bertz CT molecular complexity index is 576. The average molecular weight is 402 g/mol. The van der Waals surface area contributed by atoms with E-state index < -0.39 is 0 Å². The topological polar surface area (TPSA) is 49.4 Å². The average Bonchev–Trinajstić information content (AvgIpc) is 2.83. The number of hydrogen-bond donors (Lipinski definition) is 1. The van der Waals surface area contributed by atoms with Crippen molar-refractivity contribution in [2.75, 3.05) is 13.1 Å². The molecule has 0 bridgehead atoms. The smallest absolute Gasteiger partial charge is 0.255 e. The van der Waals surface area contributed by atoms with Crippen molar-refractivity contribution in [1.29, 1.82) is 0 Å². The molecule has 3 rings (SSSR count). The molecule has 4 nitrogen and oxygen atoms in total. The zero-order chi connectivity index (χ0) is 14.3.